The predicted octanol–water partition coefficient (Wildman–Crippen LogP) is 3.54. The number of carbonyl (C=O) groups is 1. The van der Waals surface area contributed by atoms with Crippen LogP contribution in [-0.4, -0.2) is 16.1 Å². The van der Waals surface area contributed by atoms with Crippen LogP contribution >= 0.6 is 0 Å². The molecule has 0 bridgehead atoms. The predicted molar refractivity (Wildman–Crippen MR) is 65.9 cm³/mol. The Morgan fingerprint density at radius 2 is 1.85 bits per heavy atom. The van der Waals surface area contributed by atoms with Gasteiger partial charge in [0.05, 0.1) is 23.1 Å². The summed E-state index contributed by atoms with van der Waals surface area (Å²) in [5.41, 5.74) is -0.435. The molecule has 0 spiro atoms. The van der Waals surface area contributed by atoms with E-state index in [9.17, 15) is 18.0 Å². The van der Waals surface area contributed by atoms with Crippen molar-refractivity contribution in [3.05, 3.63) is 53.9 Å². The van der Waals surface area contributed by atoms with Crippen molar-refractivity contribution in [1.29, 1.82) is 0 Å². The number of pyridine rings is 1. The molecule has 0 amide bonds. The number of hydrogen-bond donors (Lipinski definition) is 2. The minimum Gasteiger partial charge on any atom is -0.478 e. The zero-order valence-electron chi connectivity index (χ0n) is 9.98. The average Bonchev–Trinajstić information content (AvgIpc) is 2.38. The Labute approximate surface area is 111 Å². The summed E-state index contributed by atoms with van der Waals surface area (Å²) in [4.78, 5) is 14.3. The molecule has 0 saturated carbocycles. The van der Waals surface area contributed by atoms with E-state index < -0.39 is 17.8 Å². The van der Waals surface area contributed by atoms with Gasteiger partial charge in [0.15, 0.2) is 0 Å². The fourth-order valence-electron chi connectivity index (χ4n) is 1.57. The molecule has 0 fully saturated rings. The van der Waals surface area contributed by atoms with Crippen molar-refractivity contribution in [1.82, 2.24) is 4.98 Å². The Morgan fingerprint density at radius 3 is 2.40 bits per heavy atom. The van der Waals surface area contributed by atoms with Gasteiger partial charge in [0.1, 0.15) is 5.69 Å². The molecule has 1 aromatic carbocycles. The standard InChI is InChI=1S/C13H9F3N2O2/c14-13(15,16)11-6-5-8(7-17-11)18-10-4-2-1-3-9(10)12(19)20/h1-7,18H,(H,19,20). The van der Waals surface area contributed by atoms with Gasteiger partial charge in [0, 0.05) is 0 Å². The van der Waals surface area contributed by atoms with Crippen LogP contribution in [0.15, 0.2) is 42.6 Å². The number of carboxylic acids is 1. The molecule has 0 atom stereocenters. The van der Waals surface area contributed by atoms with Gasteiger partial charge in [-0.1, -0.05) is 12.1 Å². The first-order chi connectivity index (χ1) is 9.38. The first-order valence-corrected chi connectivity index (χ1v) is 5.50. The zero-order chi connectivity index (χ0) is 14.8. The van der Waals surface area contributed by atoms with E-state index in [2.05, 4.69) is 10.3 Å². The molecule has 1 heterocycles. The second kappa shape index (κ2) is 5.20. The number of para-hydroxylation sites is 1. The van der Waals surface area contributed by atoms with Crippen LogP contribution in [-0.2, 0) is 6.18 Å². The Balaban J connectivity index is 2.25. The molecule has 2 rings (SSSR count). The van der Waals surface area contributed by atoms with Crippen molar-refractivity contribution < 1.29 is 23.1 Å². The third-order valence-electron chi connectivity index (χ3n) is 2.49. The maximum Gasteiger partial charge on any atom is 0.433 e. The second-order valence-corrected chi connectivity index (χ2v) is 3.91. The van der Waals surface area contributed by atoms with E-state index in [-0.39, 0.29) is 16.9 Å². The van der Waals surface area contributed by atoms with Gasteiger partial charge in [0.25, 0.3) is 0 Å². The van der Waals surface area contributed by atoms with Gasteiger partial charge >= 0.3 is 12.1 Å². The van der Waals surface area contributed by atoms with Crippen molar-refractivity contribution in [2.24, 2.45) is 0 Å². The molecular weight excluding hydrogens is 273 g/mol. The van der Waals surface area contributed by atoms with Crippen molar-refractivity contribution in [3.8, 4) is 0 Å². The van der Waals surface area contributed by atoms with Gasteiger partial charge in [0.2, 0.25) is 0 Å². The van der Waals surface area contributed by atoms with Crippen molar-refractivity contribution >= 4 is 17.3 Å². The molecular formula is C13H9F3N2O2. The number of hydrogen-bond acceptors (Lipinski definition) is 3. The largest absolute Gasteiger partial charge is 0.478 e. The Bertz CT molecular complexity index is 624. The van der Waals surface area contributed by atoms with Gasteiger partial charge < -0.3 is 10.4 Å². The summed E-state index contributed by atoms with van der Waals surface area (Å²) in [6, 6.07) is 8.09. The van der Waals surface area contributed by atoms with Gasteiger partial charge in [-0.05, 0) is 24.3 Å². The van der Waals surface area contributed by atoms with Crippen LogP contribution in [0.2, 0.25) is 0 Å². The van der Waals surface area contributed by atoms with Crippen LogP contribution in [0.4, 0.5) is 24.5 Å². The van der Waals surface area contributed by atoms with E-state index in [1.807, 2.05) is 0 Å². The zero-order valence-corrected chi connectivity index (χ0v) is 9.98. The number of nitrogens with zero attached hydrogens (tertiary/aromatic N) is 1. The van der Waals surface area contributed by atoms with Crippen molar-refractivity contribution in [2.75, 3.05) is 5.32 Å². The van der Waals surface area contributed by atoms with Crippen LogP contribution in [0.1, 0.15) is 16.1 Å². The van der Waals surface area contributed by atoms with E-state index in [0.29, 0.717) is 0 Å². The Morgan fingerprint density at radius 1 is 1.15 bits per heavy atom. The smallest absolute Gasteiger partial charge is 0.433 e. The molecule has 4 nitrogen and oxygen atoms in total. The van der Waals surface area contributed by atoms with Crippen LogP contribution < -0.4 is 5.32 Å². The molecule has 0 radical (unpaired) electrons. The molecule has 7 heteroatoms. The Hall–Kier alpha value is -2.57. The molecule has 0 aliphatic heterocycles. The highest BCUT2D eigenvalue weighted by molar-refractivity contribution is 5.95. The molecule has 20 heavy (non-hydrogen) atoms. The summed E-state index contributed by atoms with van der Waals surface area (Å²) in [7, 11) is 0. The summed E-state index contributed by atoms with van der Waals surface area (Å²) in [5.74, 6) is -1.13. The highest BCUT2D eigenvalue weighted by Crippen LogP contribution is 2.28. The van der Waals surface area contributed by atoms with Crippen LogP contribution in [0, 0.1) is 0 Å². The number of halogens is 3. The summed E-state index contributed by atoms with van der Waals surface area (Å²) in [6.45, 7) is 0. The van der Waals surface area contributed by atoms with Crippen LogP contribution in [0.3, 0.4) is 0 Å². The van der Waals surface area contributed by atoms with E-state index in [4.69, 9.17) is 5.11 Å². The fourth-order valence-corrected chi connectivity index (χ4v) is 1.57. The summed E-state index contributed by atoms with van der Waals surface area (Å²) < 4.78 is 37.1. The molecule has 0 aliphatic rings. The van der Waals surface area contributed by atoms with Gasteiger partial charge in [-0.2, -0.15) is 13.2 Å². The number of aromatic carboxylic acids is 1. The molecule has 0 unspecified atom stereocenters. The summed E-state index contributed by atoms with van der Waals surface area (Å²) >= 11 is 0. The first-order valence-electron chi connectivity index (χ1n) is 5.50. The lowest BCUT2D eigenvalue weighted by Gasteiger charge is -2.10. The number of anilines is 2. The number of alkyl halides is 3. The third kappa shape index (κ3) is 3.05. The van der Waals surface area contributed by atoms with Gasteiger partial charge in [-0.15, -0.1) is 0 Å². The second-order valence-electron chi connectivity index (χ2n) is 3.91. The lowest BCUT2D eigenvalue weighted by Crippen LogP contribution is -2.08. The van der Waals surface area contributed by atoms with Crippen LogP contribution in [0.5, 0.6) is 0 Å². The number of benzene rings is 1. The third-order valence-corrected chi connectivity index (χ3v) is 2.49. The summed E-state index contributed by atoms with van der Waals surface area (Å²) in [5, 5.41) is 11.7. The fraction of sp³-hybridized carbons (Fsp3) is 0.0769. The molecule has 2 aromatic rings. The lowest BCUT2D eigenvalue weighted by molar-refractivity contribution is -0.141. The van der Waals surface area contributed by atoms with Crippen molar-refractivity contribution in [2.45, 2.75) is 6.18 Å². The van der Waals surface area contributed by atoms with E-state index in [1.165, 1.54) is 18.2 Å². The van der Waals surface area contributed by atoms with E-state index in [0.717, 1.165) is 12.3 Å². The Kier molecular flexibility index (Phi) is 3.60. The molecule has 104 valence electrons. The quantitative estimate of drug-likeness (QED) is 0.903. The maximum atomic E-state index is 12.4. The molecule has 0 saturated heterocycles. The molecule has 2 N–H and O–H groups in total. The normalized spacial score (nSPS) is 11.2. The SMILES string of the molecule is O=C(O)c1ccccc1Nc1ccc(C(F)(F)F)nc1. The number of rotatable bonds is 3. The highest BCUT2D eigenvalue weighted by atomic mass is 19.4. The number of aromatic nitrogens is 1. The topological polar surface area (TPSA) is 62.2 Å². The average molecular weight is 282 g/mol. The minimum absolute atomic E-state index is 0.0207. The van der Waals surface area contributed by atoms with E-state index >= 15 is 0 Å². The summed E-state index contributed by atoms with van der Waals surface area (Å²) in [6.07, 6.45) is -3.50. The highest BCUT2D eigenvalue weighted by Gasteiger charge is 2.32. The molecule has 0 aliphatic carbocycles. The number of carboxylic acid groups (broad SMARTS) is 1. The number of nitrogens with one attached hydrogen (secondary N) is 1. The monoisotopic (exact) mass is 282 g/mol. The van der Waals surface area contributed by atoms with E-state index in [1.54, 1.807) is 12.1 Å². The first kappa shape index (κ1) is 13.9. The maximum absolute atomic E-state index is 12.4. The van der Waals surface area contributed by atoms with Crippen LogP contribution in [0.25, 0.3) is 0 Å². The minimum atomic E-state index is -4.50. The van der Waals surface area contributed by atoms with Gasteiger partial charge in [-0.3, -0.25) is 0 Å². The lowest BCUT2D eigenvalue weighted by atomic mass is 10.1. The molecule has 1 aromatic heterocycles. The van der Waals surface area contributed by atoms with Gasteiger partial charge in [-0.25, -0.2) is 9.78 Å². The van der Waals surface area contributed by atoms with Crippen molar-refractivity contribution in [3.63, 3.8) is 0 Å².